The van der Waals surface area contributed by atoms with Gasteiger partial charge in [-0.1, -0.05) is 42.7 Å². The van der Waals surface area contributed by atoms with Crippen molar-refractivity contribution in [3.8, 4) is 0 Å². The topological polar surface area (TPSA) is 59.8 Å². The number of hydrogen-bond acceptors (Lipinski definition) is 4. The van der Waals surface area contributed by atoms with Crippen molar-refractivity contribution in [1.29, 1.82) is 0 Å². The molecule has 1 heterocycles. The first-order valence-electron chi connectivity index (χ1n) is 9.64. The smallest absolute Gasteiger partial charge is 0.252 e. The number of aromatic nitrogens is 3. The first kappa shape index (κ1) is 21.5. The molecule has 0 spiro atoms. The molecule has 0 aliphatic heterocycles. The SMILES string of the molecule is CCCC(C)SCCn1cc(C(C)(C)NC(=O)c2cc(C)cc(C)c2)nn1. The summed E-state index contributed by atoms with van der Waals surface area (Å²) < 4.78 is 1.87. The van der Waals surface area contributed by atoms with Crippen LogP contribution in [0.1, 0.15) is 67.7 Å². The highest BCUT2D eigenvalue weighted by molar-refractivity contribution is 7.99. The Balaban J connectivity index is 1.98. The van der Waals surface area contributed by atoms with Crippen LogP contribution in [0.25, 0.3) is 0 Å². The molecule has 0 saturated heterocycles. The zero-order valence-electron chi connectivity index (χ0n) is 17.4. The summed E-state index contributed by atoms with van der Waals surface area (Å²) in [4.78, 5) is 12.7. The molecule has 1 N–H and O–H groups in total. The summed E-state index contributed by atoms with van der Waals surface area (Å²) in [6, 6.07) is 5.88. The Morgan fingerprint density at radius 2 is 1.93 bits per heavy atom. The lowest BCUT2D eigenvalue weighted by atomic mass is 10.00. The maximum absolute atomic E-state index is 12.7. The van der Waals surface area contributed by atoms with Crippen molar-refractivity contribution in [1.82, 2.24) is 20.3 Å². The summed E-state index contributed by atoms with van der Waals surface area (Å²) in [5, 5.41) is 12.3. The molecule has 1 atom stereocenters. The molecule has 5 nitrogen and oxygen atoms in total. The van der Waals surface area contributed by atoms with Gasteiger partial charge in [0, 0.05) is 16.6 Å². The van der Waals surface area contributed by atoms with E-state index in [4.69, 9.17) is 0 Å². The molecule has 27 heavy (non-hydrogen) atoms. The fourth-order valence-corrected chi connectivity index (χ4v) is 4.15. The van der Waals surface area contributed by atoms with Crippen molar-refractivity contribution in [3.05, 3.63) is 46.8 Å². The molecular weight excluding hydrogens is 356 g/mol. The Morgan fingerprint density at radius 1 is 1.26 bits per heavy atom. The van der Waals surface area contributed by atoms with Gasteiger partial charge in [-0.3, -0.25) is 9.48 Å². The summed E-state index contributed by atoms with van der Waals surface area (Å²) in [6.07, 6.45) is 4.40. The normalized spacial score (nSPS) is 12.8. The third-order valence-corrected chi connectivity index (χ3v) is 5.73. The van der Waals surface area contributed by atoms with E-state index >= 15 is 0 Å². The number of nitrogens with one attached hydrogen (secondary N) is 1. The van der Waals surface area contributed by atoms with Gasteiger partial charge in [-0.05, 0) is 46.2 Å². The second-order valence-corrected chi connectivity index (χ2v) is 9.34. The van der Waals surface area contributed by atoms with Crippen LogP contribution < -0.4 is 5.32 Å². The second kappa shape index (κ2) is 9.40. The molecule has 0 fully saturated rings. The molecule has 0 saturated carbocycles. The lowest BCUT2D eigenvalue weighted by molar-refractivity contribution is 0.0910. The number of aryl methyl sites for hydroxylation is 3. The maximum atomic E-state index is 12.7. The fraction of sp³-hybridized carbons (Fsp3) is 0.571. The van der Waals surface area contributed by atoms with Gasteiger partial charge in [0.15, 0.2) is 0 Å². The molecular formula is C21H32N4OS. The number of amides is 1. The number of thioether (sulfide) groups is 1. The minimum absolute atomic E-state index is 0.0923. The van der Waals surface area contributed by atoms with Crippen LogP contribution in [0.4, 0.5) is 0 Å². The van der Waals surface area contributed by atoms with E-state index in [1.807, 2.05) is 62.5 Å². The number of carbonyl (C=O) groups is 1. The summed E-state index contributed by atoms with van der Waals surface area (Å²) in [5.41, 5.74) is 3.02. The Hall–Kier alpha value is -1.82. The predicted octanol–water partition coefficient (Wildman–Crippen LogP) is 4.48. The van der Waals surface area contributed by atoms with Gasteiger partial charge in [0.2, 0.25) is 0 Å². The van der Waals surface area contributed by atoms with Gasteiger partial charge in [-0.25, -0.2) is 0 Å². The van der Waals surface area contributed by atoms with E-state index in [0.29, 0.717) is 10.8 Å². The standard InChI is InChI=1S/C21H32N4OS/c1-7-8-17(4)27-10-9-25-14-19(23-24-25)21(5,6)22-20(26)18-12-15(2)11-16(3)13-18/h11-14,17H,7-10H2,1-6H3,(H,22,26). The number of hydrogen-bond donors (Lipinski definition) is 1. The van der Waals surface area contributed by atoms with Crippen molar-refractivity contribution in [2.24, 2.45) is 0 Å². The van der Waals surface area contributed by atoms with Crippen LogP contribution >= 0.6 is 11.8 Å². The Morgan fingerprint density at radius 3 is 2.56 bits per heavy atom. The number of nitrogens with zero attached hydrogens (tertiary/aromatic N) is 3. The van der Waals surface area contributed by atoms with Gasteiger partial charge >= 0.3 is 0 Å². The number of benzene rings is 1. The average Bonchev–Trinajstić information content (AvgIpc) is 3.03. The molecule has 0 radical (unpaired) electrons. The van der Waals surface area contributed by atoms with Crippen LogP contribution in [0.15, 0.2) is 24.4 Å². The molecule has 0 bridgehead atoms. The van der Waals surface area contributed by atoms with Gasteiger partial charge < -0.3 is 5.32 Å². The van der Waals surface area contributed by atoms with Crippen LogP contribution in [0.2, 0.25) is 0 Å². The highest BCUT2D eigenvalue weighted by Gasteiger charge is 2.27. The molecule has 1 aromatic carbocycles. The van der Waals surface area contributed by atoms with E-state index in [1.54, 1.807) is 0 Å². The summed E-state index contributed by atoms with van der Waals surface area (Å²) in [7, 11) is 0. The lowest BCUT2D eigenvalue weighted by Gasteiger charge is -2.24. The molecule has 148 valence electrons. The van der Waals surface area contributed by atoms with Gasteiger partial charge in [0.05, 0.1) is 18.3 Å². The van der Waals surface area contributed by atoms with Crippen molar-refractivity contribution < 1.29 is 4.79 Å². The van der Waals surface area contributed by atoms with E-state index in [0.717, 1.165) is 29.1 Å². The molecule has 1 unspecified atom stereocenters. The van der Waals surface area contributed by atoms with E-state index in [2.05, 4.69) is 35.5 Å². The lowest BCUT2D eigenvalue weighted by Crippen LogP contribution is -2.41. The quantitative estimate of drug-likeness (QED) is 0.688. The first-order chi connectivity index (χ1) is 12.7. The maximum Gasteiger partial charge on any atom is 0.252 e. The fourth-order valence-electron chi connectivity index (χ4n) is 3.06. The van der Waals surface area contributed by atoms with Crippen molar-refractivity contribution in [2.45, 2.75) is 71.7 Å². The van der Waals surface area contributed by atoms with Crippen molar-refractivity contribution >= 4 is 17.7 Å². The molecule has 2 aromatic rings. The zero-order valence-corrected chi connectivity index (χ0v) is 18.2. The van der Waals surface area contributed by atoms with Gasteiger partial charge in [0.25, 0.3) is 5.91 Å². The van der Waals surface area contributed by atoms with Crippen LogP contribution in [0, 0.1) is 13.8 Å². The van der Waals surface area contributed by atoms with Crippen LogP contribution in [0.3, 0.4) is 0 Å². The van der Waals surface area contributed by atoms with E-state index in [1.165, 1.54) is 12.8 Å². The minimum Gasteiger partial charge on any atom is -0.341 e. The van der Waals surface area contributed by atoms with Crippen LogP contribution in [0.5, 0.6) is 0 Å². The molecule has 1 aromatic heterocycles. The third-order valence-electron chi connectivity index (χ3n) is 4.51. The van der Waals surface area contributed by atoms with Crippen LogP contribution in [-0.4, -0.2) is 31.9 Å². The Kier molecular flexibility index (Phi) is 7.48. The van der Waals surface area contributed by atoms with E-state index in [9.17, 15) is 4.79 Å². The zero-order chi connectivity index (χ0) is 20.0. The highest BCUT2D eigenvalue weighted by Crippen LogP contribution is 2.20. The number of carbonyl (C=O) groups excluding carboxylic acids is 1. The first-order valence-corrected chi connectivity index (χ1v) is 10.7. The summed E-state index contributed by atoms with van der Waals surface area (Å²) in [5.74, 6) is 0.921. The largest absolute Gasteiger partial charge is 0.341 e. The van der Waals surface area contributed by atoms with Gasteiger partial charge in [-0.2, -0.15) is 11.8 Å². The summed E-state index contributed by atoms with van der Waals surface area (Å²) >= 11 is 1.96. The molecule has 1 amide bonds. The molecule has 6 heteroatoms. The molecule has 0 aliphatic carbocycles. The van der Waals surface area contributed by atoms with Crippen molar-refractivity contribution in [2.75, 3.05) is 5.75 Å². The third kappa shape index (κ3) is 6.38. The van der Waals surface area contributed by atoms with Gasteiger partial charge in [0.1, 0.15) is 5.69 Å². The predicted molar refractivity (Wildman–Crippen MR) is 113 cm³/mol. The Bertz CT molecular complexity index is 749. The molecule has 0 aliphatic rings. The van der Waals surface area contributed by atoms with Crippen molar-refractivity contribution in [3.63, 3.8) is 0 Å². The monoisotopic (exact) mass is 388 g/mol. The van der Waals surface area contributed by atoms with E-state index in [-0.39, 0.29) is 5.91 Å². The van der Waals surface area contributed by atoms with Gasteiger partial charge in [-0.15, -0.1) is 5.10 Å². The number of rotatable bonds is 9. The average molecular weight is 389 g/mol. The second-order valence-electron chi connectivity index (χ2n) is 7.79. The highest BCUT2D eigenvalue weighted by atomic mass is 32.2. The van der Waals surface area contributed by atoms with E-state index < -0.39 is 5.54 Å². The Labute approximate surface area is 167 Å². The minimum atomic E-state index is -0.588. The van der Waals surface area contributed by atoms with Crippen LogP contribution in [-0.2, 0) is 12.1 Å². The molecule has 2 rings (SSSR count). The summed E-state index contributed by atoms with van der Waals surface area (Å²) in [6.45, 7) is 13.2.